The van der Waals surface area contributed by atoms with Crippen molar-refractivity contribution in [1.82, 2.24) is 10.3 Å². The van der Waals surface area contributed by atoms with E-state index < -0.39 is 0 Å². The number of nitrogens with zero attached hydrogens (tertiary/aromatic N) is 1. The zero-order valence-electron chi connectivity index (χ0n) is 15.2. The highest BCUT2D eigenvalue weighted by atomic mass is 16.5. The first-order valence-electron chi connectivity index (χ1n) is 8.46. The van der Waals surface area contributed by atoms with Gasteiger partial charge in [-0.15, -0.1) is 0 Å². The standard InChI is InChI=1S/C21H22N2O3/c1-14(13-25-2)22-21(24)18-12-20(15-8-10-16(26-3)11-9-15)23-19-7-5-4-6-17(18)19/h4-12,14H,13H2,1-3H3,(H,22,24). The number of hydrogen-bond acceptors (Lipinski definition) is 4. The molecule has 0 aliphatic carbocycles. The highest BCUT2D eigenvalue weighted by molar-refractivity contribution is 6.07. The predicted octanol–water partition coefficient (Wildman–Crippen LogP) is 3.68. The van der Waals surface area contributed by atoms with Crippen molar-refractivity contribution >= 4 is 16.8 Å². The zero-order chi connectivity index (χ0) is 18.5. The minimum atomic E-state index is -0.136. The number of hydrogen-bond donors (Lipinski definition) is 1. The Bertz CT molecular complexity index is 907. The zero-order valence-corrected chi connectivity index (χ0v) is 15.2. The number of methoxy groups -OCH3 is 2. The summed E-state index contributed by atoms with van der Waals surface area (Å²) in [6.45, 7) is 2.37. The Morgan fingerprint density at radius 2 is 1.85 bits per heavy atom. The number of rotatable bonds is 6. The normalized spacial score (nSPS) is 12.0. The van der Waals surface area contributed by atoms with Crippen LogP contribution in [0.5, 0.6) is 5.75 Å². The average Bonchev–Trinajstić information content (AvgIpc) is 2.67. The Morgan fingerprint density at radius 1 is 1.12 bits per heavy atom. The van der Waals surface area contributed by atoms with Crippen LogP contribution in [0.4, 0.5) is 0 Å². The molecule has 0 spiro atoms. The monoisotopic (exact) mass is 350 g/mol. The number of nitrogens with one attached hydrogen (secondary N) is 1. The number of amides is 1. The third kappa shape index (κ3) is 3.83. The van der Waals surface area contributed by atoms with Crippen LogP contribution < -0.4 is 10.1 Å². The molecule has 1 unspecified atom stereocenters. The number of pyridine rings is 1. The van der Waals surface area contributed by atoms with Crippen molar-refractivity contribution in [3.05, 3.63) is 60.2 Å². The molecule has 0 saturated heterocycles. The molecule has 3 rings (SSSR count). The number of carbonyl (C=O) groups excluding carboxylic acids is 1. The highest BCUT2D eigenvalue weighted by Crippen LogP contribution is 2.26. The van der Waals surface area contributed by atoms with Gasteiger partial charge in [0, 0.05) is 24.1 Å². The predicted molar refractivity (Wildman–Crippen MR) is 103 cm³/mol. The van der Waals surface area contributed by atoms with E-state index >= 15 is 0 Å². The Balaban J connectivity index is 2.04. The van der Waals surface area contributed by atoms with E-state index in [9.17, 15) is 4.79 Å². The van der Waals surface area contributed by atoms with Crippen LogP contribution in [-0.2, 0) is 4.74 Å². The van der Waals surface area contributed by atoms with E-state index in [1.54, 1.807) is 14.2 Å². The van der Waals surface area contributed by atoms with E-state index in [1.165, 1.54) is 0 Å². The van der Waals surface area contributed by atoms with Gasteiger partial charge in [-0.25, -0.2) is 4.98 Å². The molecule has 0 saturated carbocycles. The SMILES string of the molecule is COCC(C)NC(=O)c1cc(-c2ccc(OC)cc2)nc2ccccc12. The molecule has 5 heteroatoms. The van der Waals surface area contributed by atoms with Gasteiger partial charge in [0.15, 0.2) is 0 Å². The van der Waals surface area contributed by atoms with Crippen LogP contribution in [0.3, 0.4) is 0 Å². The van der Waals surface area contributed by atoms with Crippen LogP contribution in [-0.4, -0.2) is 37.8 Å². The largest absolute Gasteiger partial charge is 0.497 e. The van der Waals surface area contributed by atoms with Gasteiger partial charge in [-0.2, -0.15) is 0 Å². The van der Waals surface area contributed by atoms with Gasteiger partial charge in [-0.05, 0) is 43.3 Å². The summed E-state index contributed by atoms with van der Waals surface area (Å²) < 4.78 is 10.3. The van der Waals surface area contributed by atoms with E-state index in [0.29, 0.717) is 12.2 Å². The third-order valence-electron chi connectivity index (χ3n) is 4.14. The van der Waals surface area contributed by atoms with Crippen molar-refractivity contribution in [2.24, 2.45) is 0 Å². The van der Waals surface area contributed by atoms with Crippen LogP contribution in [0.15, 0.2) is 54.6 Å². The number of para-hydroxylation sites is 1. The van der Waals surface area contributed by atoms with Crippen molar-refractivity contribution in [1.29, 1.82) is 0 Å². The van der Waals surface area contributed by atoms with Gasteiger partial charge in [0.25, 0.3) is 5.91 Å². The van der Waals surface area contributed by atoms with Crippen molar-refractivity contribution in [3.8, 4) is 17.0 Å². The fourth-order valence-corrected chi connectivity index (χ4v) is 2.87. The van der Waals surface area contributed by atoms with Gasteiger partial charge in [-0.3, -0.25) is 4.79 Å². The van der Waals surface area contributed by atoms with E-state index in [4.69, 9.17) is 14.5 Å². The van der Waals surface area contributed by atoms with Crippen LogP contribution in [0.25, 0.3) is 22.2 Å². The molecule has 0 bridgehead atoms. The van der Waals surface area contributed by atoms with Crippen molar-refractivity contribution in [2.45, 2.75) is 13.0 Å². The van der Waals surface area contributed by atoms with Gasteiger partial charge in [-0.1, -0.05) is 18.2 Å². The molecular weight excluding hydrogens is 328 g/mol. The fraction of sp³-hybridized carbons (Fsp3) is 0.238. The molecule has 1 atom stereocenters. The smallest absolute Gasteiger partial charge is 0.252 e. The molecule has 0 aliphatic heterocycles. The second-order valence-corrected chi connectivity index (χ2v) is 6.13. The first kappa shape index (κ1) is 17.9. The summed E-state index contributed by atoms with van der Waals surface area (Å²) >= 11 is 0. The highest BCUT2D eigenvalue weighted by Gasteiger charge is 2.15. The molecule has 0 fully saturated rings. The minimum Gasteiger partial charge on any atom is -0.497 e. The molecule has 2 aromatic carbocycles. The fourth-order valence-electron chi connectivity index (χ4n) is 2.87. The lowest BCUT2D eigenvalue weighted by Gasteiger charge is -2.15. The molecule has 0 aliphatic rings. The summed E-state index contributed by atoms with van der Waals surface area (Å²) in [7, 11) is 3.25. The lowest BCUT2D eigenvalue weighted by atomic mass is 10.0. The van der Waals surface area contributed by atoms with Crippen LogP contribution in [0.2, 0.25) is 0 Å². The third-order valence-corrected chi connectivity index (χ3v) is 4.14. The quantitative estimate of drug-likeness (QED) is 0.737. The summed E-state index contributed by atoms with van der Waals surface area (Å²) in [6, 6.07) is 17.0. The molecule has 1 aromatic heterocycles. The molecular formula is C21H22N2O3. The second kappa shape index (κ2) is 7.97. The summed E-state index contributed by atoms with van der Waals surface area (Å²) in [5.74, 6) is 0.642. The topological polar surface area (TPSA) is 60.5 Å². The van der Waals surface area contributed by atoms with Crippen molar-refractivity contribution < 1.29 is 14.3 Å². The number of aromatic nitrogens is 1. The van der Waals surface area contributed by atoms with Crippen LogP contribution >= 0.6 is 0 Å². The summed E-state index contributed by atoms with van der Waals surface area (Å²) in [5, 5.41) is 3.80. The van der Waals surface area contributed by atoms with E-state index in [1.807, 2.05) is 61.5 Å². The summed E-state index contributed by atoms with van der Waals surface area (Å²) in [6.07, 6.45) is 0. The maximum absolute atomic E-state index is 12.8. The molecule has 0 radical (unpaired) electrons. The number of carbonyl (C=O) groups is 1. The van der Waals surface area contributed by atoms with Crippen molar-refractivity contribution in [3.63, 3.8) is 0 Å². The van der Waals surface area contributed by atoms with E-state index in [-0.39, 0.29) is 11.9 Å². The second-order valence-electron chi connectivity index (χ2n) is 6.13. The Morgan fingerprint density at radius 3 is 2.54 bits per heavy atom. The number of fused-ring (bicyclic) bond motifs is 1. The minimum absolute atomic E-state index is 0.0798. The van der Waals surface area contributed by atoms with Gasteiger partial charge in [0.2, 0.25) is 0 Å². The summed E-state index contributed by atoms with van der Waals surface area (Å²) in [5.41, 5.74) is 3.06. The molecule has 134 valence electrons. The average molecular weight is 350 g/mol. The Hall–Kier alpha value is -2.92. The molecule has 26 heavy (non-hydrogen) atoms. The van der Waals surface area contributed by atoms with E-state index in [0.717, 1.165) is 27.9 Å². The van der Waals surface area contributed by atoms with E-state index in [2.05, 4.69) is 5.32 Å². The molecule has 5 nitrogen and oxygen atoms in total. The lowest BCUT2D eigenvalue weighted by Crippen LogP contribution is -2.35. The number of benzene rings is 2. The first-order valence-corrected chi connectivity index (χ1v) is 8.46. The first-order chi connectivity index (χ1) is 12.6. The van der Waals surface area contributed by atoms with Crippen molar-refractivity contribution in [2.75, 3.05) is 20.8 Å². The van der Waals surface area contributed by atoms with Gasteiger partial charge < -0.3 is 14.8 Å². The summed E-state index contributed by atoms with van der Waals surface area (Å²) in [4.78, 5) is 17.5. The molecule has 1 amide bonds. The van der Waals surface area contributed by atoms with Crippen LogP contribution in [0.1, 0.15) is 17.3 Å². The number of ether oxygens (including phenoxy) is 2. The Labute approximate surface area is 153 Å². The molecule has 1 heterocycles. The van der Waals surface area contributed by atoms with Gasteiger partial charge in [0.1, 0.15) is 5.75 Å². The molecule has 3 aromatic rings. The van der Waals surface area contributed by atoms with Gasteiger partial charge >= 0.3 is 0 Å². The maximum atomic E-state index is 12.8. The maximum Gasteiger partial charge on any atom is 0.252 e. The van der Waals surface area contributed by atoms with Crippen LogP contribution in [0, 0.1) is 0 Å². The Kier molecular flexibility index (Phi) is 5.49. The lowest BCUT2D eigenvalue weighted by molar-refractivity contribution is 0.0907. The molecule has 1 N–H and O–H groups in total. The van der Waals surface area contributed by atoms with Gasteiger partial charge in [0.05, 0.1) is 30.5 Å².